The van der Waals surface area contributed by atoms with Gasteiger partial charge in [-0.05, 0) is 33.6 Å². The molecular formula is C12H22N2O3. The van der Waals surface area contributed by atoms with Crippen LogP contribution in [0.1, 0.15) is 33.6 Å². The standard InChI is InChI=1S/C12H22N2O3/c1-11(2,3)17-10(15)14-7-9(13)12(8-14)5-4-6-16-12/h9H,4-8,13H2,1-3H3. The molecule has 0 aromatic rings. The van der Waals surface area contributed by atoms with Gasteiger partial charge in [0.1, 0.15) is 11.2 Å². The Labute approximate surface area is 102 Å². The smallest absolute Gasteiger partial charge is 0.410 e. The van der Waals surface area contributed by atoms with Crippen molar-refractivity contribution < 1.29 is 14.3 Å². The third kappa shape index (κ3) is 2.55. The maximum absolute atomic E-state index is 11.9. The molecule has 2 N–H and O–H groups in total. The summed E-state index contributed by atoms with van der Waals surface area (Å²) in [4.78, 5) is 13.6. The lowest BCUT2D eigenvalue weighted by molar-refractivity contribution is -0.00527. The summed E-state index contributed by atoms with van der Waals surface area (Å²) in [6.07, 6.45) is 1.67. The van der Waals surface area contributed by atoms with Gasteiger partial charge >= 0.3 is 6.09 Å². The van der Waals surface area contributed by atoms with Crippen LogP contribution in [-0.2, 0) is 9.47 Å². The van der Waals surface area contributed by atoms with E-state index in [0.717, 1.165) is 19.4 Å². The Balaban J connectivity index is 1.99. The van der Waals surface area contributed by atoms with Crippen molar-refractivity contribution >= 4 is 6.09 Å². The normalized spacial score (nSPS) is 33.4. The number of hydrogen-bond acceptors (Lipinski definition) is 4. The highest BCUT2D eigenvalue weighted by molar-refractivity contribution is 5.69. The molecule has 1 spiro atoms. The molecule has 0 aromatic carbocycles. The zero-order valence-corrected chi connectivity index (χ0v) is 10.9. The second-order valence-electron chi connectivity index (χ2n) is 5.98. The van der Waals surface area contributed by atoms with E-state index in [1.165, 1.54) is 0 Å². The number of amides is 1. The topological polar surface area (TPSA) is 64.8 Å². The first kappa shape index (κ1) is 12.6. The van der Waals surface area contributed by atoms with E-state index in [2.05, 4.69) is 0 Å². The first-order chi connectivity index (χ1) is 7.82. The Morgan fingerprint density at radius 1 is 1.53 bits per heavy atom. The van der Waals surface area contributed by atoms with Crippen LogP contribution in [0.5, 0.6) is 0 Å². The molecule has 0 aliphatic carbocycles. The molecule has 0 aromatic heterocycles. The second kappa shape index (κ2) is 4.14. The van der Waals surface area contributed by atoms with Crippen molar-refractivity contribution in [1.29, 1.82) is 0 Å². The Kier molecular flexibility index (Phi) is 3.08. The second-order valence-corrected chi connectivity index (χ2v) is 5.98. The van der Waals surface area contributed by atoms with Crippen molar-refractivity contribution in [2.24, 2.45) is 5.73 Å². The molecule has 98 valence electrons. The molecule has 0 saturated carbocycles. The van der Waals surface area contributed by atoms with Gasteiger partial charge in [0.15, 0.2) is 0 Å². The molecular weight excluding hydrogens is 220 g/mol. The van der Waals surface area contributed by atoms with Gasteiger partial charge in [0.05, 0.1) is 12.6 Å². The minimum atomic E-state index is -0.465. The predicted molar refractivity (Wildman–Crippen MR) is 63.7 cm³/mol. The molecule has 2 atom stereocenters. The van der Waals surface area contributed by atoms with E-state index in [4.69, 9.17) is 15.2 Å². The van der Waals surface area contributed by atoms with Crippen LogP contribution in [0.2, 0.25) is 0 Å². The largest absolute Gasteiger partial charge is 0.444 e. The minimum absolute atomic E-state index is 0.0995. The average molecular weight is 242 g/mol. The Morgan fingerprint density at radius 3 is 2.76 bits per heavy atom. The molecule has 2 unspecified atom stereocenters. The van der Waals surface area contributed by atoms with Crippen LogP contribution >= 0.6 is 0 Å². The maximum Gasteiger partial charge on any atom is 0.410 e. The molecule has 5 heteroatoms. The van der Waals surface area contributed by atoms with Crippen LogP contribution < -0.4 is 5.73 Å². The van der Waals surface area contributed by atoms with Crippen LogP contribution in [0.15, 0.2) is 0 Å². The summed E-state index contributed by atoms with van der Waals surface area (Å²) in [6, 6.07) is -0.0995. The summed E-state index contributed by atoms with van der Waals surface area (Å²) in [5.41, 5.74) is 5.31. The molecule has 2 rings (SSSR count). The zero-order valence-electron chi connectivity index (χ0n) is 10.9. The van der Waals surface area contributed by atoms with Crippen molar-refractivity contribution in [3.63, 3.8) is 0 Å². The van der Waals surface area contributed by atoms with Crippen molar-refractivity contribution in [1.82, 2.24) is 4.90 Å². The fourth-order valence-electron chi connectivity index (χ4n) is 2.51. The lowest BCUT2D eigenvalue weighted by atomic mass is 9.95. The van der Waals surface area contributed by atoms with Crippen LogP contribution in [0.3, 0.4) is 0 Å². The van der Waals surface area contributed by atoms with Crippen molar-refractivity contribution in [3.8, 4) is 0 Å². The summed E-state index contributed by atoms with van der Waals surface area (Å²) in [5, 5.41) is 0. The molecule has 1 amide bonds. The van der Waals surface area contributed by atoms with Gasteiger partial charge in [-0.3, -0.25) is 0 Å². The third-order valence-corrected chi connectivity index (χ3v) is 3.34. The number of carbonyl (C=O) groups is 1. The van der Waals surface area contributed by atoms with E-state index >= 15 is 0 Å². The number of hydrogen-bond donors (Lipinski definition) is 1. The van der Waals surface area contributed by atoms with Gasteiger partial charge in [-0.25, -0.2) is 4.79 Å². The monoisotopic (exact) mass is 242 g/mol. The van der Waals surface area contributed by atoms with E-state index in [1.807, 2.05) is 20.8 Å². The summed E-state index contributed by atoms with van der Waals surface area (Å²) in [5.74, 6) is 0. The van der Waals surface area contributed by atoms with E-state index in [9.17, 15) is 4.79 Å². The van der Waals surface area contributed by atoms with Gasteiger partial charge in [0, 0.05) is 13.2 Å². The van der Waals surface area contributed by atoms with Gasteiger partial charge in [-0.1, -0.05) is 0 Å². The number of rotatable bonds is 0. The first-order valence-corrected chi connectivity index (χ1v) is 6.20. The fraction of sp³-hybridized carbons (Fsp3) is 0.917. The molecule has 0 radical (unpaired) electrons. The van der Waals surface area contributed by atoms with Crippen molar-refractivity contribution in [2.75, 3.05) is 19.7 Å². The third-order valence-electron chi connectivity index (χ3n) is 3.34. The number of likely N-dealkylation sites (tertiary alicyclic amines) is 1. The zero-order chi connectivity index (χ0) is 12.7. The highest BCUT2D eigenvalue weighted by Gasteiger charge is 2.50. The highest BCUT2D eigenvalue weighted by Crippen LogP contribution is 2.34. The molecule has 2 heterocycles. The van der Waals surface area contributed by atoms with Gasteiger partial charge < -0.3 is 20.1 Å². The van der Waals surface area contributed by atoms with Gasteiger partial charge in [-0.15, -0.1) is 0 Å². The minimum Gasteiger partial charge on any atom is -0.444 e. The molecule has 2 aliphatic rings. The fourth-order valence-corrected chi connectivity index (χ4v) is 2.51. The first-order valence-electron chi connectivity index (χ1n) is 6.20. The lowest BCUT2D eigenvalue weighted by Crippen LogP contribution is -2.46. The number of ether oxygens (including phenoxy) is 2. The van der Waals surface area contributed by atoms with Crippen LogP contribution in [0, 0.1) is 0 Å². The highest BCUT2D eigenvalue weighted by atomic mass is 16.6. The van der Waals surface area contributed by atoms with Crippen LogP contribution in [0.4, 0.5) is 4.79 Å². The summed E-state index contributed by atoms with van der Waals surface area (Å²) in [7, 11) is 0. The summed E-state index contributed by atoms with van der Waals surface area (Å²) < 4.78 is 11.1. The van der Waals surface area contributed by atoms with E-state index < -0.39 is 5.60 Å². The van der Waals surface area contributed by atoms with E-state index in [-0.39, 0.29) is 17.7 Å². The van der Waals surface area contributed by atoms with Gasteiger partial charge in [0.2, 0.25) is 0 Å². The van der Waals surface area contributed by atoms with E-state index in [1.54, 1.807) is 4.90 Å². The number of nitrogens with zero attached hydrogens (tertiary/aromatic N) is 1. The van der Waals surface area contributed by atoms with Gasteiger partial charge in [0.25, 0.3) is 0 Å². The summed E-state index contributed by atoms with van der Waals surface area (Å²) in [6.45, 7) is 7.42. The lowest BCUT2D eigenvalue weighted by Gasteiger charge is -2.27. The van der Waals surface area contributed by atoms with Crippen molar-refractivity contribution in [3.05, 3.63) is 0 Å². The molecule has 0 bridgehead atoms. The van der Waals surface area contributed by atoms with Crippen molar-refractivity contribution in [2.45, 2.75) is 50.9 Å². The van der Waals surface area contributed by atoms with Gasteiger partial charge in [-0.2, -0.15) is 0 Å². The van der Waals surface area contributed by atoms with Crippen LogP contribution in [0.25, 0.3) is 0 Å². The Bertz CT molecular complexity index is 305. The molecule has 2 aliphatic heterocycles. The summed E-state index contributed by atoms with van der Waals surface area (Å²) >= 11 is 0. The number of nitrogens with two attached hydrogens (primary N) is 1. The number of carbonyl (C=O) groups excluding carboxylic acids is 1. The van der Waals surface area contributed by atoms with Crippen LogP contribution in [-0.4, -0.2) is 47.9 Å². The molecule has 2 fully saturated rings. The predicted octanol–water partition coefficient (Wildman–Crippen LogP) is 1.11. The average Bonchev–Trinajstić information content (AvgIpc) is 2.74. The Morgan fingerprint density at radius 2 is 2.24 bits per heavy atom. The molecule has 2 saturated heterocycles. The SMILES string of the molecule is CC(C)(C)OC(=O)N1CC(N)C2(CCCO2)C1. The maximum atomic E-state index is 11.9. The molecule has 5 nitrogen and oxygen atoms in total. The van der Waals surface area contributed by atoms with E-state index in [0.29, 0.717) is 13.1 Å². The molecule has 17 heavy (non-hydrogen) atoms. The quantitative estimate of drug-likeness (QED) is 0.691. The Hall–Kier alpha value is -0.810.